The Morgan fingerprint density at radius 1 is 1.31 bits per heavy atom. The molecule has 0 aromatic heterocycles. The molecule has 146 valence electrons. The lowest BCUT2D eigenvalue weighted by atomic mass is 9.97. The van der Waals surface area contributed by atoms with Crippen LogP contribution >= 0.6 is 11.6 Å². The Kier molecular flexibility index (Phi) is 7.63. The van der Waals surface area contributed by atoms with E-state index < -0.39 is 43.2 Å². The molecule has 0 saturated carbocycles. The molecule has 1 aliphatic heterocycles. The summed E-state index contributed by atoms with van der Waals surface area (Å²) in [6, 6.07) is 4.27. The van der Waals surface area contributed by atoms with Crippen molar-refractivity contribution in [2.45, 2.75) is 44.5 Å². The molecule has 26 heavy (non-hydrogen) atoms. The van der Waals surface area contributed by atoms with Gasteiger partial charge in [-0.25, -0.2) is 0 Å². The Bertz CT molecular complexity index is 615. The third-order valence-electron chi connectivity index (χ3n) is 4.01. The number of ether oxygens (including phenoxy) is 3. The Morgan fingerprint density at radius 3 is 2.65 bits per heavy atom. The minimum Gasteiger partial charge on any atom is -0.491 e. The lowest BCUT2D eigenvalue weighted by Crippen LogP contribution is -2.64. The molecular formula is C17H24ClNO7. The van der Waals surface area contributed by atoms with Gasteiger partial charge in [0.2, 0.25) is 5.91 Å². The molecule has 5 atom stereocenters. The van der Waals surface area contributed by atoms with Crippen LogP contribution in [0.25, 0.3) is 0 Å². The molecule has 0 radical (unpaired) electrons. The highest BCUT2D eigenvalue weighted by molar-refractivity contribution is 6.30. The summed E-state index contributed by atoms with van der Waals surface area (Å²) in [7, 11) is 0. The zero-order valence-corrected chi connectivity index (χ0v) is 15.3. The first-order valence-electron chi connectivity index (χ1n) is 8.23. The highest BCUT2D eigenvalue weighted by Gasteiger charge is 2.45. The summed E-state index contributed by atoms with van der Waals surface area (Å²) >= 11 is 5.89. The Morgan fingerprint density at radius 2 is 2.04 bits per heavy atom. The van der Waals surface area contributed by atoms with Crippen molar-refractivity contribution in [1.82, 2.24) is 5.32 Å². The minimum absolute atomic E-state index is 0.101. The first kappa shape index (κ1) is 20.9. The van der Waals surface area contributed by atoms with Gasteiger partial charge in [0, 0.05) is 11.9 Å². The highest BCUT2D eigenvalue weighted by atomic mass is 35.5. The van der Waals surface area contributed by atoms with Crippen molar-refractivity contribution >= 4 is 17.5 Å². The maximum atomic E-state index is 11.3. The van der Waals surface area contributed by atoms with Crippen molar-refractivity contribution in [2.75, 3.05) is 19.8 Å². The van der Waals surface area contributed by atoms with Crippen molar-refractivity contribution in [3.05, 3.63) is 28.8 Å². The van der Waals surface area contributed by atoms with E-state index in [-0.39, 0.29) is 13.2 Å². The third-order valence-corrected chi connectivity index (χ3v) is 4.25. The van der Waals surface area contributed by atoms with Gasteiger partial charge in [-0.1, -0.05) is 11.6 Å². The van der Waals surface area contributed by atoms with Crippen molar-refractivity contribution < 1.29 is 34.3 Å². The summed E-state index contributed by atoms with van der Waals surface area (Å²) in [6.45, 7) is 2.94. The summed E-state index contributed by atoms with van der Waals surface area (Å²) in [4.78, 5) is 11.3. The zero-order valence-electron chi connectivity index (χ0n) is 14.6. The smallest absolute Gasteiger partial charge is 0.217 e. The number of benzene rings is 1. The molecule has 4 N–H and O–H groups in total. The number of hydrogen-bond acceptors (Lipinski definition) is 7. The first-order valence-corrected chi connectivity index (χ1v) is 8.61. The van der Waals surface area contributed by atoms with Gasteiger partial charge in [-0.2, -0.15) is 0 Å². The molecule has 1 fully saturated rings. The topological polar surface area (TPSA) is 117 Å². The quantitative estimate of drug-likeness (QED) is 0.484. The van der Waals surface area contributed by atoms with E-state index in [1.807, 2.05) is 6.92 Å². The van der Waals surface area contributed by atoms with Gasteiger partial charge in [0.05, 0.1) is 13.2 Å². The summed E-state index contributed by atoms with van der Waals surface area (Å²) in [5.41, 5.74) is 0.876. The number of halogens is 1. The number of aliphatic hydroxyl groups is 3. The van der Waals surface area contributed by atoms with E-state index in [2.05, 4.69) is 5.32 Å². The number of nitrogens with one attached hydrogen (secondary N) is 1. The summed E-state index contributed by atoms with van der Waals surface area (Å²) in [6.07, 6.45) is -4.73. The van der Waals surface area contributed by atoms with Crippen LogP contribution in [0.1, 0.15) is 12.5 Å². The average Bonchev–Trinajstić information content (AvgIpc) is 2.58. The van der Waals surface area contributed by atoms with Crippen LogP contribution in [0.3, 0.4) is 0 Å². The molecule has 8 nitrogen and oxygen atoms in total. The van der Waals surface area contributed by atoms with E-state index in [9.17, 15) is 20.1 Å². The molecular weight excluding hydrogens is 366 g/mol. The molecule has 0 unspecified atom stereocenters. The fourth-order valence-corrected chi connectivity index (χ4v) is 2.93. The van der Waals surface area contributed by atoms with E-state index in [1.54, 1.807) is 18.2 Å². The van der Waals surface area contributed by atoms with E-state index in [1.165, 1.54) is 6.92 Å². The normalized spacial score (nSPS) is 28.6. The summed E-state index contributed by atoms with van der Waals surface area (Å²) in [5.74, 6) is 0.249. The molecule has 1 amide bonds. The molecule has 0 bridgehead atoms. The van der Waals surface area contributed by atoms with Gasteiger partial charge in [0.1, 0.15) is 36.7 Å². The second kappa shape index (κ2) is 9.50. The largest absolute Gasteiger partial charge is 0.491 e. The Hall–Kier alpha value is -1.42. The molecule has 0 spiro atoms. The van der Waals surface area contributed by atoms with E-state index >= 15 is 0 Å². The van der Waals surface area contributed by atoms with E-state index in [4.69, 9.17) is 25.8 Å². The number of carbonyl (C=O) groups excluding carboxylic acids is 1. The predicted molar refractivity (Wildman–Crippen MR) is 93.0 cm³/mol. The van der Waals surface area contributed by atoms with Gasteiger partial charge in [0.25, 0.3) is 0 Å². The van der Waals surface area contributed by atoms with Crippen molar-refractivity contribution in [1.29, 1.82) is 0 Å². The Labute approximate surface area is 156 Å². The first-order chi connectivity index (χ1) is 12.3. The maximum absolute atomic E-state index is 11.3. The van der Waals surface area contributed by atoms with Crippen LogP contribution in [-0.2, 0) is 14.3 Å². The molecule has 9 heteroatoms. The molecule has 0 aliphatic carbocycles. The highest BCUT2D eigenvalue weighted by Crippen LogP contribution is 2.23. The van der Waals surface area contributed by atoms with Crippen LogP contribution in [0.15, 0.2) is 18.2 Å². The number of amides is 1. The van der Waals surface area contributed by atoms with Crippen LogP contribution in [-0.4, -0.2) is 71.7 Å². The molecule has 1 aromatic carbocycles. The molecule has 1 heterocycles. The van der Waals surface area contributed by atoms with Crippen LogP contribution in [0.2, 0.25) is 5.02 Å². The molecule has 1 aliphatic rings. The second-order valence-electron chi connectivity index (χ2n) is 6.06. The van der Waals surface area contributed by atoms with Gasteiger partial charge in [-0.3, -0.25) is 4.79 Å². The van der Waals surface area contributed by atoms with Crippen LogP contribution in [0.5, 0.6) is 5.75 Å². The lowest BCUT2D eigenvalue weighted by molar-refractivity contribution is -0.271. The summed E-state index contributed by atoms with van der Waals surface area (Å²) < 4.78 is 16.6. The number of aliphatic hydroxyl groups excluding tert-OH is 3. The van der Waals surface area contributed by atoms with Crippen molar-refractivity contribution in [3.63, 3.8) is 0 Å². The zero-order chi connectivity index (χ0) is 19.3. The van der Waals surface area contributed by atoms with Gasteiger partial charge in [-0.15, -0.1) is 0 Å². The van der Waals surface area contributed by atoms with Gasteiger partial charge < -0.3 is 34.8 Å². The fraction of sp³-hybridized carbons (Fsp3) is 0.588. The van der Waals surface area contributed by atoms with Crippen LogP contribution in [0.4, 0.5) is 0 Å². The van der Waals surface area contributed by atoms with Crippen LogP contribution < -0.4 is 10.1 Å². The van der Waals surface area contributed by atoms with Crippen LogP contribution in [0, 0.1) is 6.92 Å². The predicted octanol–water partition coefficient (Wildman–Crippen LogP) is -0.0125. The Balaban J connectivity index is 1.92. The monoisotopic (exact) mass is 389 g/mol. The number of rotatable bonds is 7. The number of hydrogen-bond donors (Lipinski definition) is 4. The van der Waals surface area contributed by atoms with E-state index in [0.29, 0.717) is 10.8 Å². The van der Waals surface area contributed by atoms with Gasteiger partial charge >= 0.3 is 0 Å². The van der Waals surface area contributed by atoms with Crippen molar-refractivity contribution in [3.8, 4) is 5.75 Å². The number of aryl methyl sites for hydroxylation is 1. The molecule has 1 aromatic rings. The van der Waals surface area contributed by atoms with Crippen molar-refractivity contribution in [2.24, 2.45) is 0 Å². The average molecular weight is 390 g/mol. The molecule has 2 rings (SSSR count). The summed E-state index contributed by atoms with van der Waals surface area (Å²) in [5, 5.41) is 32.5. The maximum Gasteiger partial charge on any atom is 0.217 e. The molecule has 1 saturated heterocycles. The number of carbonyl (C=O) groups is 1. The lowest BCUT2D eigenvalue weighted by Gasteiger charge is -2.42. The van der Waals surface area contributed by atoms with Gasteiger partial charge in [-0.05, 0) is 30.7 Å². The second-order valence-corrected chi connectivity index (χ2v) is 6.50. The third kappa shape index (κ3) is 5.29. The standard InChI is InChI=1S/C17H24ClNO7/c1-9-7-11(18)3-4-12(9)24-5-6-25-17-14(19-10(2)21)16(23)15(22)13(8-20)26-17/h3-4,7,13-17,20,22-23H,5-6,8H2,1-2H3,(H,19,21)/t13-,14+,15-,16+,17-/m1/s1. The fourth-order valence-electron chi connectivity index (χ4n) is 2.70. The SMILES string of the molecule is CC(=O)N[C@@H]1[C@H](OCCOc2ccc(Cl)cc2C)O[C@H](CO)[C@@H](O)[C@H]1O. The van der Waals surface area contributed by atoms with Gasteiger partial charge in [0.15, 0.2) is 6.29 Å². The minimum atomic E-state index is -1.34. The van der Waals surface area contributed by atoms with E-state index in [0.717, 1.165) is 5.56 Å².